The molecule has 1 unspecified atom stereocenters. The lowest BCUT2D eigenvalue weighted by Gasteiger charge is -2.24. The lowest BCUT2D eigenvalue weighted by molar-refractivity contribution is -0.142. The molecule has 1 aliphatic heterocycles. The van der Waals surface area contributed by atoms with Crippen molar-refractivity contribution in [1.29, 1.82) is 0 Å². The summed E-state index contributed by atoms with van der Waals surface area (Å²) in [5.41, 5.74) is -1.10. The van der Waals surface area contributed by atoms with E-state index >= 15 is 0 Å². The van der Waals surface area contributed by atoms with Crippen LogP contribution in [0.15, 0.2) is 51.1 Å². The number of ether oxygens (including phenoxy) is 2. The normalized spacial score (nSPS) is 22.6. The molecule has 0 bridgehead atoms. The predicted octanol–water partition coefficient (Wildman–Crippen LogP) is 1.91. The monoisotopic (exact) mass is 573 g/mol. The fourth-order valence-corrected chi connectivity index (χ4v) is 5.07. The summed E-state index contributed by atoms with van der Waals surface area (Å²) in [5, 5.41) is 13.0. The molecule has 0 spiro atoms. The maximum absolute atomic E-state index is 13.4. The lowest BCUT2D eigenvalue weighted by Crippen LogP contribution is -2.36. The van der Waals surface area contributed by atoms with E-state index in [0.29, 0.717) is 0 Å². The minimum atomic E-state index is -4.14. The smallest absolute Gasteiger partial charge is 0.459 e. The first-order chi connectivity index (χ1) is 16.7. The fraction of sp³-hybridized carbons (Fsp3) is 0.381. The first kappa shape index (κ1) is 27.1. The van der Waals surface area contributed by atoms with Gasteiger partial charge in [0.25, 0.3) is 5.56 Å². The zero-order chi connectivity index (χ0) is 25.6. The third kappa shape index (κ3) is 7.00. The average molecular weight is 574 g/mol. The van der Waals surface area contributed by atoms with Gasteiger partial charge in [-0.05, 0) is 30.1 Å². The number of hydrogen-bond donors (Lipinski definition) is 3. The highest BCUT2D eigenvalue weighted by atomic mass is 79.9. The van der Waals surface area contributed by atoms with Gasteiger partial charge >= 0.3 is 19.4 Å². The average Bonchev–Trinajstić information content (AvgIpc) is 3.19. The second-order valence-corrected chi connectivity index (χ2v) is 9.77. The van der Waals surface area contributed by atoms with Crippen molar-refractivity contribution >= 4 is 35.7 Å². The summed E-state index contributed by atoms with van der Waals surface area (Å²) in [7, 11) is -2.95. The summed E-state index contributed by atoms with van der Waals surface area (Å²) >= 11 is 3.08. The molecular weight excluding hydrogens is 549 g/mol. The number of carbonyl (C=O) groups is 1. The van der Waals surface area contributed by atoms with E-state index < -0.39 is 56.0 Å². The van der Waals surface area contributed by atoms with Crippen molar-refractivity contribution in [3.8, 4) is 5.75 Å². The third-order valence-corrected chi connectivity index (χ3v) is 6.94. The van der Waals surface area contributed by atoms with Gasteiger partial charge in [-0.2, -0.15) is 5.09 Å². The van der Waals surface area contributed by atoms with E-state index in [1.165, 1.54) is 31.3 Å². The van der Waals surface area contributed by atoms with Crippen molar-refractivity contribution in [3.63, 3.8) is 0 Å². The van der Waals surface area contributed by atoms with E-state index in [2.05, 4.69) is 30.7 Å². The number of aliphatic hydroxyl groups excluding tert-OH is 1. The molecule has 1 aromatic heterocycles. The van der Waals surface area contributed by atoms with Crippen LogP contribution in [0.3, 0.4) is 0 Å². The molecule has 1 saturated heterocycles. The van der Waals surface area contributed by atoms with Crippen molar-refractivity contribution in [2.45, 2.75) is 37.8 Å². The van der Waals surface area contributed by atoms with Gasteiger partial charge in [-0.3, -0.25) is 23.7 Å². The molecule has 0 saturated carbocycles. The largest absolute Gasteiger partial charge is 0.468 e. The minimum Gasteiger partial charge on any atom is -0.468 e. The minimum absolute atomic E-state index is 0.00722. The molecule has 190 valence electrons. The number of aliphatic hydroxyl groups is 1. The summed E-state index contributed by atoms with van der Waals surface area (Å²) in [6.07, 6.45) is -0.224. The molecular formula is C21H25BrN3O9P. The Balaban J connectivity index is 1.75. The lowest BCUT2D eigenvalue weighted by atomic mass is 10.2. The Morgan fingerprint density at radius 2 is 2.11 bits per heavy atom. The Bertz CT molecular complexity index is 1220. The summed E-state index contributed by atoms with van der Waals surface area (Å²) in [4.78, 5) is 39.7. The molecule has 2 heterocycles. The summed E-state index contributed by atoms with van der Waals surface area (Å²) in [6, 6.07) is 7.15. The van der Waals surface area contributed by atoms with Crippen LogP contribution in [0.2, 0.25) is 0 Å². The van der Waals surface area contributed by atoms with Crippen LogP contribution in [-0.2, 0) is 23.4 Å². The van der Waals surface area contributed by atoms with Crippen LogP contribution in [0.25, 0.3) is 6.08 Å². The number of H-pyrrole nitrogens is 1. The molecule has 35 heavy (non-hydrogen) atoms. The SMILES string of the molecule is COC(=O)[C@H](C)NP(=O)(OC[C@H]1O[C@@H](n2cc(/C=C/Br)c(=O)[nH]c2=O)C[C@@H]1O)Oc1ccccc1. The zero-order valence-corrected chi connectivity index (χ0v) is 21.3. The van der Waals surface area contributed by atoms with Crippen molar-refractivity contribution in [2.75, 3.05) is 13.7 Å². The van der Waals surface area contributed by atoms with Crippen LogP contribution in [-0.4, -0.2) is 52.6 Å². The van der Waals surface area contributed by atoms with Gasteiger partial charge in [-0.1, -0.05) is 34.1 Å². The molecule has 1 aromatic carbocycles. The van der Waals surface area contributed by atoms with Crippen molar-refractivity contribution < 1.29 is 33.0 Å². The summed E-state index contributed by atoms with van der Waals surface area (Å²) in [6.45, 7) is 1.03. The number of nitrogens with one attached hydrogen (secondary N) is 2. The molecule has 1 fully saturated rings. The first-order valence-corrected chi connectivity index (χ1v) is 12.9. The molecule has 5 atom stereocenters. The molecule has 2 aromatic rings. The Morgan fingerprint density at radius 3 is 2.77 bits per heavy atom. The number of benzene rings is 1. The van der Waals surface area contributed by atoms with Crippen LogP contribution < -0.4 is 20.9 Å². The number of aromatic nitrogens is 2. The molecule has 0 aliphatic carbocycles. The second kappa shape index (κ2) is 11.9. The Morgan fingerprint density at radius 1 is 1.40 bits per heavy atom. The van der Waals surface area contributed by atoms with E-state index in [4.69, 9.17) is 13.8 Å². The quantitative estimate of drug-likeness (QED) is 0.283. The Kier molecular flexibility index (Phi) is 9.22. The highest BCUT2D eigenvalue weighted by molar-refractivity contribution is 9.11. The van der Waals surface area contributed by atoms with E-state index in [1.807, 2.05) is 0 Å². The second-order valence-electron chi connectivity index (χ2n) is 7.55. The van der Waals surface area contributed by atoms with E-state index in [1.54, 1.807) is 30.3 Å². The van der Waals surface area contributed by atoms with Crippen LogP contribution in [0, 0.1) is 0 Å². The molecule has 12 nitrogen and oxygen atoms in total. The summed E-state index contributed by atoms with van der Waals surface area (Å²) in [5.74, 6) is -0.466. The molecule has 3 N–H and O–H groups in total. The van der Waals surface area contributed by atoms with E-state index in [9.17, 15) is 24.1 Å². The maximum atomic E-state index is 13.4. The highest BCUT2D eigenvalue weighted by Crippen LogP contribution is 2.45. The van der Waals surface area contributed by atoms with E-state index in [0.717, 1.165) is 4.57 Å². The molecule has 3 rings (SSSR count). The van der Waals surface area contributed by atoms with Gasteiger partial charge in [0.1, 0.15) is 24.1 Å². The predicted molar refractivity (Wildman–Crippen MR) is 129 cm³/mol. The number of esters is 1. The van der Waals surface area contributed by atoms with E-state index in [-0.39, 0.29) is 17.7 Å². The number of halogens is 1. The number of aromatic amines is 1. The Labute approximate surface area is 208 Å². The van der Waals surface area contributed by atoms with Crippen LogP contribution >= 0.6 is 23.7 Å². The van der Waals surface area contributed by atoms with Gasteiger partial charge in [-0.25, -0.2) is 9.36 Å². The van der Waals surface area contributed by atoms with Crippen molar-refractivity contribution in [3.05, 3.63) is 67.9 Å². The zero-order valence-electron chi connectivity index (χ0n) is 18.8. The summed E-state index contributed by atoms with van der Waals surface area (Å²) < 4.78 is 36.0. The number of methoxy groups -OCH3 is 1. The maximum Gasteiger partial charge on any atom is 0.459 e. The van der Waals surface area contributed by atoms with Crippen molar-refractivity contribution in [1.82, 2.24) is 14.6 Å². The fourth-order valence-electron chi connectivity index (χ4n) is 3.29. The molecule has 0 amide bonds. The number of para-hydroxylation sites is 1. The topological polar surface area (TPSA) is 158 Å². The molecule has 14 heteroatoms. The van der Waals surface area contributed by atoms with Crippen molar-refractivity contribution in [2.24, 2.45) is 0 Å². The highest BCUT2D eigenvalue weighted by Gasteiger charge is 2.39. The van der Waals surface area contributed by atoms with Crippen LogP contribution in [0.1, 0.15) is 25.1 Å². The van der Waals surface area contributed by atoms with Crippen LogP contribution in [0.5, 0.6) is 5.75 Å². The standard InChI is InChI=1S/C21H25BrN3O9P/c1-13(20(28)31-2)24-35(30,34-15-6-4-3-5-7-15)32-12-17-16(26)10-18(33-17)25-11-14(8-9-22)19(27)23-21(25)29/h3-9,11,13,16-18,26H,10,12H2,1-2H3,(H,24,30)(H,23,27,29)/b9-8+/t13-,16-,17+,18+,35?/m0/s1. The first-order valence-electron chi connectivity index (χ1n) is 10.5. The van der Waals surface area contributed by atoms with Crippen LogP contribution in [0.4, 0.5) is 0 Å². The van der Waals surface area contributed by atoms with Gasteiger partial charge in [0, 0.05) is 12.6 Å². The van der Waals surface area contributed by atoms with Gasteiger partial charge in [0.15, 0.2) is 0 Å². The van der Waals surface area contributed by atoms with Gasteiger partial charge in [0.2, 0.25) is 0 Å². The van der Waals surface area contributed by atoms with Gasteiger partial charge < -0.3 is 19.1 Å². The number of carbonyl (C=O) groups excluding carboxylic acids is 1. The molecule has 1 aliphatic rings. The Hall–Kier alpha value is -2.54. The van der Waals surface area contributed by atoms with Gasteiger partial charge in [0.05, 0.1) is 25.4 Å². The number of rotatable bonds is 10. The molecule has 0 radical (unpaired) electrons. The van der Waals surface area contributed by atoms with Gasteiger partial charge in [-0.15, -0.1) is 0 Å². The number of hydrogen-bond acceptors (Lipinski definition) is 9. The third-order valence-electron chi connectivity index (χ3n) is 5.04. The number of nitrogens with zero attached hydrogens (tertiary/aromatic N) is 1.